The van der Waals surface area contributed by atoms with Gasteiger partial charge in [0, 0.05) is 27.2 Å². The smallest absolute Gasteiger partial charge is 0.303 e. The summed E-state index contributed by atoms with van der Waals surface area (Å²) >= 11 is 0. The number of benzene rings is 1. The van der Waals surface area contributed by atoms with Gasteiger partial charge in [0.25, 0.3) is 0 Å². The van der Waals surface area contributed by atoms with E-state index >= 15 is 0 Å². The van der Waals surface area contributed by atoms with Crippen LogP contribution in [0, 0.1) is 0 Å². The van der Waals surface area contributed by atoms with Gasteiger partial charge in [0.15, 0.2) is 6.10 Å². The zero-order chi connectivity index (χ0) is 20.7. The summed E-state index contributed by atoms with van der Waals surface area (Å²) in [6.07, 6.45) is -0.00937. The third-order valence-electron chi connectivity index (χ3n) is 4.25. The van der Waals surface area contributed by atoms with E-state index in [1.807, 2.05) is 24.3 Å². The van der Waals surface area contributed by atoms with Crippen molar-refractivity contribution in [2.45, 2.75) is 58.0 Å². The van der Waals surface area contributed by atoms with E-state index in [2.05, 4.69) is 6.58 Å². The van der Waals surface area contributed by atoms with Crippen LogP contribution in [-0.2, 0) is 39.8 Å². The quantitative estimate of drug-likeness (QED) is 0.402. The summed E-state index contributed by atoms with van der Waals surface area (Å²) in [5.41, 5.74) is 1.79. The summed E-state index contributed by atoms with van der Waals surface area (Å²) in [7, 11) is 0. The Kier molecular flexibility index (Phi) is 7.75. The van der Waals surface area contributed by atoms with Crippen LogP contribution in [0.3, 0.4) is 0 Å². The molecule has 1 fully saturated rings. The van der Waals surface area contributed by atoms with Gasteiger partial charge < -0.3 is 18.9 Å². The predicted octanol–water partition coefficient (Wildman–Crippen LogP) is 2.67. The van der Waals surface area contributed by atoms with E-state index in [1.165, 1.54) is 20.8 Å². The average Bonchev–Trinajstić information content (AvgIpc) is 2.61. The second-order valence-corrected chi connectivity index (χ2v) is 6.68. The van der Waals surface area contributed by atoms with Crippen LogP contribution in [0.2, 0.25) is 0 Å². The van der Waals surface area contributed by atoms with Crippen molar-refractivity contribution in [3.8, 4) is 0 Å². The van der Waals surface area contributed by atoms with Crippen molar-refractivity contribution in [2.75, 3.05) is 6.61 Å². The Hall–Kier alpha value is -2.67. The number of esters is 3. The molecule has 0 radical (unpaired) electrons. The van der Waals surface area contributed by atoms with Crippen LogP contribution >= 0.6 is 0 Å². The number of allylic oxidation sites excluding steroid dienone is 1. The van der Waals surface area contributed by atoms with Gasteiger partial charge in [0.1, 0.15) is 18.8 Å². The topological polar surface area (TPSA) is 88.1 Å². The van der Waals surface area contributed by atoms with Gasteiger partial charge in [0.2, 0.25) is 0 Å². The van der Waals surface area contributed by atoms with E-state index in [9.17, 15) is 14.4 Å². The summed E-state index contributed by atoms with van der Waals surface area (Å²) in [6.45, 7) is 7.66. The Labute approximate surface area is 164 Å². The van der Waals surface area contributed by atoms with E-state index in [0.717, 1.165) is 11.1 Å². The molecule has 152 valence electrons. The highest BCUT2D eigenvalue weighted by Crippen LogP contribution is 2.36. The van der Waals surface area contributed by atoms with Gasteiger partial charge in [-0.05, 0) is 17.5 Å². The van der Waals surface area contributed by atoms with Crippen molar-refractivity contribution in [1.29, 1.82) is 0 Å². The van der Waals surface area contributed by atoms with E-state index in [4.69, 9.17) is 18.9 Å². The lowest BCUT2D eigenvalue weighted by Gasteiger charge is -2.40. The van der Waals surface area contributed by atoms with Crippen molar-refractivity contribution >= 4 is 17.9 Å². The molecular weight excluding hydrogens is 364 g/mol. The van der Waals surface area contributed by atoms with Gasteiger partial charge in [-0.15, -0.1) is 6.58 Å². The highest BCUT2D eigenvalue weighted by molar-refractivity contribution is 5.67. The first-order valence-corrected chi connectivity index (χ1v) is 9.13. The van der Waals surface area contributed by atoms with E-state index in [0.29, 0.717) is 6.42 Å². The van der Waals surface area contributed by atoms with Crippen molar-refractivity contribution in [3.05, 3.63) is 48.0 Å². The molecule has 1 aromatic carbocycles. The first-order valence-electron chi connectivity index (χ1n) is 9.13. The fraction of sp³-hybridized carbons (Fsp3) is 0.476. The molecule has 0 aliphatic carbocycles. The molecule has 4 unspecified atom stereocenters. The molecule has 2 rings (SSSR count). The van der Waals surface area contributed by atoms with Crippen molar-refractivity contribution in [2.24, 2.45) is 0 Å². The largest absolute Gasteiger partial charge is 0.463 e. The van der Waals surface area contributed by atoms with E-state index in [1.54, 1.807) is 6.08 Å². The molecule has 0 amide bonds. The first kappa shape index (κ1) is 21.6. The Bertz CT molecular complexity index is 727. The molecule has 28 heavy (non-hydrogen) atoms. The molecular formula is C21H26O7. The normalized spacial score (nSPS) is 24.1. The Balaban J connectivity index is 2.36. The summed E-state index contributed by atoms with van der Waals surface area (Å²) in [5, 5.41) is 0. The van der Waals surface area contributed by atoms with Gasteiger partial charge in [-0.1, -0.05) is 30.3 Å². The molecule has 0 bridgehead atoms. The van der Waals surface area contributed by atoms with E-state index in [-0.39, 0.29) is 13.0 Å². The molecule has 1 aromatic rings. The highest BCUT2D eigenvalue weighted by atomic mass is 16.6. The van der Waals surface area contributed by atoms with Gasteiger partial charge >= 0.3 is 17.9 Å². The molecule has 7 nitrogen and oxygen atoms in total. The fourth-order valence-electron chi connectivity index (χ4n) is 3.24. The minimum atomic E-state index is -0.811. The maximum Gasteiger partial charge on any atom is 0.303 e. The molecule has 0 N–H and O–H groups in total. The molecule has 1 aliphatic heterocycles. The van der Waals surface area contributed by atoms with Crippen molar-refractivity contribution in [3.63, 3.8) is 0 Å². The summed E-state index contributed by atoms with van der Waals surface area (Å²) in [6, 6.07) is 7.61. The van der Waals surface area contributed by atoms with Crippen LogP contribution in [0.5, 0.6) is 0 Å². The molecule has 1 saturated heterocycles. The number of hydrogen-bond acceptors (Lipinski definition) is 7. The second kappa shape index (κ2) is 10.0. The molecule has 7 heteroatoms. The minimum absolute atomic E-state index is 0.0166. The van der Waals surface area contributed by atoms with Crippen LogP contribution in [0.25, 0.3) is 0 Å². The zero-order valence-electron chi connectivity index (χ0n) is 16.4. The molecule has 1 heterocycles. The maximum atomic E-state index is 11.7. The number of hydrogen-bond donors (Lipinski definition) is 0. The van der Waals surface area contributed by atoms with Crippen LogP contribution < -0.4 is 0 Å². The number of rotatable bonds is 7. The minimum Gasteiger partial charge on any atom is -0.463 e. The molecule has 1 aliphatic rings. The fourth-order valence-corrected chi connectivity index (χ4v) is 3.24. The van der Waals surface area contributed by atoms with Gasteiger partial charge in [-0.3, -0.25) is 14.4 Å². The number of carbonyl (C=O) groups excluding carboxylic acids is 3. The van der Waals surface area contributed by atoms with Crippen LogP contribution in [0.1, 0.15) is 44.4 Å². The van der Waals surface area contributed by atoms with Crippen LogP contribution in [-0.4, -0.2) is 42.8 Å². The third kappa shape index (κ3) is 6.20. The first-order chi connectivity index (χ1) is 13.3. The summed E-state index contributed by atoms with van der Waals surface area (Å²) in [5.74, 6) is -1.43. The van der Waals surface area contributed by atoms with Crippen molar-refractivity contribution < 1.29 is 33.3 Å². The lowest BCUT2D eigenvalue weighted by atomic mass is 9.91. The lowest BCUT2D eigenvalue weighted by molar-refractivity contribution is -0.214. The van der Waals surface area contributed by atoms with Gasteiger partial charge in [-0.25, -0.2) is 0 Å². The molecule has 0 saturated carbocycles. The van der Waals surface area contributed by atoms with Crippen molar-refractivity contribution in [1.82, 2.24) is 0 Å². The SMILES string of the molecule is C=CCc1cccc(C2OC(COC(C)=O)CC(OC(C)=O)C2OC(C)=O)c1. The summed E-state index contributed by atoms with van der Waals surface area (Å²) < 4.78 is 22.1. The second-order valence-electron chi connectivity index (χ2n) is 6.68. The van der Waals surface area contributed by atoms with Gasteiger partial charge in [-0.2, -0.15) is 0 Å². The lowest BCUT2D eigenvalue weighted by Crippen LogP contribution is -2.49. The third-order valence-corrected chi connectivity index (χ3v) is 4.25. The number of ether oxygens (including phenoxy) is 4. The van der Waals surface area contributed by atoms with Crippen LogP contribution in [0.15, 0.2) is 36.9 Å². The Morgan fingerprint density at radius 3 is 2.46 bits per heavy atom. The standard InChI is InChI=1S/C21H26O7/c1-5-7-16-8-6-9-17(10-16)20-21(27-15(4)24)19(26-14(3)23)11-18(28-20)12-25-13(2)22/h5-6,8-10,18-21H,1,7,11-12H2,2-4H3. The monoisotopic (exact) mass is 390 g/mol. The van der Waals surface area contributed by atoms with E-state index < -0.39 is 42.3 Å². The molecule has 0 spiro atoms. The predicted molar refractivity (Wildman–Crippen MR) is 100 cm³/mol. The Morgan fingerprint density at radius 1 is 1.14 bits per heavy atom. The van der Waals surface area contributed by atoms with Gasteiger partial charge in [0.05, 0.1) is 6.10 Å². The molecule has 0 aromatic heterocycles. The molecule has 4 atom stereocenters. The summed E-state index contributed by atoms with van der Waals surface area (Å²) in [4.78, 5) is 34.5. The average molecular weight is 390 g/mol. The maximum absolute atomic E-state index is 11.7. The van der Waals surface area contributed by atoms with Crippen LogP contribution in [0.4, 0.5) is 0 Å². The zero-order valence-corrected chi connectivity index (χ0v) is 16.4. The number of carbonyl (C=O) groups is 3. The highest BCUT2D eigenvalue weighted by Gasteiger charge is 2.44. The Morgan fingerprint density at radius 2 is 1.86 bits per heavy atom.